The number of halogens is 3. The Kier molecular flexibility index (Phi) is 4.11. The summed E-state index contributed by atoms with van der Waals surface area (Å²) in [5, 5.41) is 11.5. The highest BCUT2D eigenvalue weighted by Gasteiger charge is 2.30. The molecular formula is C14H11F3N2O2. The lowest BCUT2D eigenvalue weighted by atomic mass is 10.1. The van der Waals surface area contributed by atoms with Crippen molar-refractivity contribution >= 4 is 17.5 Å². The molecule has 0 aliphatic rings. The van der Waals surface area contributed by atoms with Crippen molar-refractivity contribution in [3.05, 3.63) is 53.7 Å². The minimum Gasteiger partial charge on any atom is -0.481 e. The summed E-state index contributed by atoms with van der Waals surface area (Å²) in [6.45, 7) is 0. The number of aliphatic carboxylic acids is 1. The molecule has 2 N–H and O–H groups in total. The molecule has 0 unspecified atom stereocenters. The van der Waals surface area contributed by atoms with Crippen LogP contribution in [0.25, 0.3) is 0 Å². The van der Waals surface area contributed by atoms with Crippen LogP contribution in [0.3, 0.4) is 0 Å². The summed E-state index contributed by atoms with van der Waals surface area (Å²) < 4.78 is 37.9. The summed E-state index contributed by atoms with van der Waals surface area (Å²) in [5.41, 5.74) is -0.208. The SMILES string of the molecule is O=C(O)Cc1cccnc1Nc1cccc(C(F)(F)F)c1. The maximum absolute atomic E-state index is 12.6. The average Bonchev–Trinajstić information content (AvgIpc) is 2.40. The van der Waals surface area contributed by atoms with E-state index in [4.69, 9.17) is 5.11 Å². The standard InChI is InChI=1S/C14H11F3N2O2/c15-14(16,17)10-4-1-5-11(8-10)19-13-9(7-12(20)21)3-2-6-18-13/h1-6,8H,7H2,(H,18,19)(H,20,21). The molecule has 0 radical (unpaired) electrons. The van der Waals surface area contributed by atoms with Crippen molar-refractivity contribution in [2.24, 2.45) is 0 Å². The molecule has 2 rings (SSSR count). The maximum Gasteiger partial charge on any atom is 0.416 e. The topological polar surface area (TPSA) is 62.2 Å². The van der Waals surface area contributed by atoms with Crippen LogP contribution in [-0.2, 0) is 17.4 Å². The first-order valence-corrected chi connectivity index (χ1v) is 5.96. The molecule has 0 amide bonds. The lowest BCUT2D eigenvalue weighted by molar-refractivity contribution is -0.138. The summed E-state index contributed by atoms with van der Waals surface area (Å²) in [6.07, 6.45) is -3.28. The molecule has 110 valence electrons. The van der Waals surface area contributed by atoms with Gasteiger partial charge in [-0.2, -0.15) is 13.2 Å². The van der Waals surface area contributed by atoms with Crippen molar-refractivity contribution in [3.63, 3.8) is 0 Å². The molecule has 4 nitrogen and oxygen atoms in total. The number of carboxylic acids is 1. The van der Waals surface area contributed by atoms with E-state index >= 15 is 0 Å². The summed E-state index contributed by atoms with van der Waals surface area (Å²) in [5.74, 6) is -0.825. The van der Waals surface area contributed by atoms with Gasteiger partial charge in [-0.3, -0.25) is 4.79 Å². The van der Waals surface area contributed by atoms with E-state index in [-0.39, 0.29) is 17.9 Å². The number of rotatable bonds is 4. The number of nitrogens with zero attached hydrogens (tertiary/aromatic N) is 1. The third kappa shape index (κ3) is 3.95. The highest BCUT2D eigenvalue weighted by Crippen LogP contribution is 2.31. The van der Waals surface area contributed by atoms with Crippen LogP contribution in [0.15, 0.2) is 42.6 Å². The van der Waals surface area contributed by atoms with E-state index in [1.807, 2.05) is 0 Å². The van der Waals surface area contributed by atoms with Gasteiger partial charge in [0.2, 0.25) is 0 Å². The van der Waals surface area contributed by atoms with Crippen LogP contribution in [0.5, 0.6) is 0 Å². The van der Waals surface area contributed by atoms with E-state index in [1.54, 1.807) is 12.1 Å². The molecule has 2 aromatic rings. The Bertz CT molecular complexity index is 657. The zero-order valence-corrected chi connectivity index (χ0v) is 10.7. The fourth-order valence-electron chi connectivity index (χ4n) is 1.77. The summed E-state index contributed by atoms with van der Waals surface area (Å²) >= 11 is 0. The van der Waals surface area contributed by atoms with Gasteiger partial charge in [-0.1, -0.05) is 12.1 Å². The number of benzene rings is 1. The van der Waals surface area contributed by atoms with Crippen molar-refractivity contribution in [1.82, 2.24) is 4.98 Å². The van der Waals surface area contributed by atoms with Gasteiger partial charge in [0.25, 0.3) is 0 Å². The molecule has 1 aromatic heterocycles. The Morgan fingerprint density at radius 3 is 2.67 bits per heavy atom. The molecule has 0 aliphatic carbocycles. The van der Waals surface area contributed by atoms with E-state index in [0.29, 0.717) is 5.56 Å². The first-order valence-electron chi connectivity index (χ1n) is 5.96. The number of alkyl halides is 3. The number of carboxylic acid groups (broad SMARTS) is 1. The first-order chi connectivity index (χ1) is 9.86. The quantitative estimate of drug-likeness (QED) is 0.907. The number of hydrogen-bond donors (Lipinski definition) is 2. The number of hydrogen-bond acceptors (Lipinski definition) is 3. The molecule has 0 aliphatic heterocycles. The second-order valence-corrected chi connectivity index (χ2v) is 4.29. The van der Waals surface area contributed by atoms with E-state index in [2.05, 4.69) is 10.3 Å². The van der Waals surface area contributed by atoms with Gasteiger partial charge in [-0.05, 0) is 24.3 Å². The smallest absolute Gasteiger partial charge is 0.416 e. The number of aromatic nitrogens is 1. The lowest BCUT2D eigenvalue weighted by Crippen LogP contribution is -2.07. The monoisotopic (exact) mass is 296 g/mol. The number of nitrogens with one attached hydrogen (secondary N) is 1. The van der Waals surface area contributed by atoms with Crippen LogP contribution in [0, 0.1) is 0 Å². The zero-order chi connectivity index (χ0) is 15.5. The normalized spacial score (nSPS) is 11.2. The largest absolute Gasteiger partial charge is 0.481 e. The highest BCUT2D eigenvalue weighted by molar-refractivity contribution is 5.73. The van der Waals surface area contributed by atoms with Gasteiger partial charge < -0.3 is 10.4 Å². The second-order valence-electron chi connectivity index (χ2n) is 4.29. The Labute approximate surface area is 118 Å². The number of anilines is 2. The van der Waals surface area contributed by atoms with Gasteiger partial charge in [0, 0.05) is 17.4 Å². The molecule has 1 aromatic carbocycles. The molecular weight excluding hydrogens is 285 g/mol. The van der Waals surface area contributed by atoms with E-state index < -0.39 is 17.7 Å². The molecule has 1 heterocycles. The molecule has 0 bridgehead atoms. The van der Waals surface area contributed by atoms with Gasteiger partial charge in [0.1, 0.15) is 5.82 Å². The highest BCUT2D eigenvalue weighted by atomic mass is 19.4. The van der Waals surface area contributed by atoms with Crippen LogP contribution in [0.1, 0.15) is 11.1 Å². The zero-order valence-electron chi connectivity index (χ0n) is 10.7. The van der Waals surface area contributed by atoms with E-state index in [9.17, 15) is 18.0 Å². The molecule has 0 saturated carbocycles. The Morgan fingerprint density at radius 1 is 1.24 bits per heavy atom. The molecule has 0 fully saturated rings. The minimum atomic E-state index is -4.44. The van der Waals surface area contributed by atoms with E-state index in [0.717, 1.165) is 12.1 Å². The van der Waals surface area contributed by atoms with Crippen molar-refractivity contribution in [3.8, 4) is 0 Å². The van der Waals surface area contributed by atoms with Crippen molar-refractivity contribution in [2.45, 2.75) is 12.6 Å². The van der Waals surface area contributed by atoms with E-state index in [1.165, 1.54) is 18.3 Å². The Hall–Kier alpha value is -2.57. The summed E-state index contributed by atoms with van der Waals surface area (Å²) in [7, 11) is 0. The fourth-order valence-corrected chi connectivity index (χ4v) is 1.77. The average molecular weight is 296 g/mol. The van der Waals surface area contributed by atoms with Crippen LogP contribution in [-0.4, -0.2) is 16.1 Å². The van der Waals surface area contributed by atoms with Gasteiger partial charge in [-0.15, -0.1) is 0 Å². The van der Waals surface area contributed by atoms with Crippen molar-refractivity contribution < 1.29 is 23.1 Å². The molecule has 21 heavy (non-hydrogen) atoms. The van der Waals surface area contributed by atoms with Gasteiger partial charge >= 0.3 is 12.1 Å². The van der Waals surface area contributed by atoms with Crippen LogP contribution in [0.4, 0.5) is 24.7 Å². The molecule has 7 heteroatoms. The second kappa shape index (κ2) is 5.82. The summed E-state index contributed by atoms with van der Waals surface area (Å²) in [4.78, 5) is 14.7. The van der Waals surface area contributed by atoms with Gasteiger partial charge in [0.05, 0.1) is 12.0 Å². The Balaban J connectivity index is 2.28. The molecule has 0 saturated heterocycles. The maximum atomic E-state index is 12.6. The predicted octanol–water partition coefficient (Wildman–Crippen LogP) is 3.47. The third-order valence-corrected chi connectivity index (χ3v) is 2.69. The summed E-state index contributed by atoms with van der Waals surface area (Å²) in [6, 6.07) is 7.74. The van der Waals surface area contributed by atoms with Gasteiger partial charge in [-0.25, -0.2) is 4.98 Å². The van der Waals surface area contributed by atoms with Crippen LogP contribution < -0.4 is 5.32 Å². The van der Waals surface area contributed by atoms with Gasteiger partial charge in [0.15, 0.2) is 0 Å². The number of pyridine rings is 1. The van der Waals surface area contributed by atoms with Crippen LogP contribution >= 0.6 is 0 Å². The lowest BCUT2D eigenvalue weighted by Gasteiger charge is -2.12. The number of carbonyl (C=O) groups is 1. The van der Waals surface area contributed by atoms with Crippen molar-refractivity contribution in [1.29, 1.82) is 0 Å². The molecule has 0 spiro atoms. The van der Waals surface area contributed by atoms with Crippen molar-refractivity contribution in [2.75, 3.05) is 5.32 Å². The van der Waals surface area contributed by atoms with Crippen LogP contribution in [0.2, 0.25) is 0 Å². The predicted molar refractivity (Wildman–Crippen MR) is 70.3 cm³/mol. The molecule has 0 atom stereocenters. The third-order valence-electron chi connectivity index (χ3n) is 2.69. The minimum absolute atomic E-state index is 0.190. The Morgan fingerprint density at radius 2 is 2.00 bits per heavy atom. The fraction of sp³-hybridized carbons (Fsp3) is 0.143. The first kappa shape index (κ1) is 14.8.